The van der Waals surface area contributed by atoms with Gasteiger partial charge in [0.25, 0.3) is 0 Å². The van der Waals surface area contributed by atoms with E-state index in [-0.39, 0.29) is 12.0 Å². The summed E-state index contributed by atoms with van der Waals surface area (Å²) in [6.45, 7) is 6.11. The van der Waals surface area contributed by atoms with E-state index in [1.807, 2.05) is 0 Å². The van der Waals surface area contributed by atoms with Crippen molar-refractivity contribution in [3.63, 3.8) is 0 Å². The van der Waals surface area contributed by atoms with Crippen molar-refractivity contribution in [1.29, 1.82) is 0 Å². The zero-order valence-corrected chi connectivity index (χ0v) is 11.3. The summed E-state index contributed by atoms with van der Waals surface area (Å²) in [5.41, 5.74) is 5.66. The maximum absolute atomic E-state index is 5.66. The second-order valence-corrected chi connectivity index (χ2v) is 4.75. The molecule has 7 heteroatoms. The van der Waals surface area contributed by atoms with E-state index >= 15 is 0 Å². The van der Waals surface area contributed by atoms with Crippen molar-refractivity contribution in [3.8, 4) is 6.01 Å². The number of nitrogens with zero attached hydrogens (tertiary/aromatic N) is 5. The second kappa shape index (κ2) is 4.93. The molecular weight excluding hydrogens is 232 g/mol. The summed E-state index contributed by atoms with van der Waals surface area (Å²) in [5, 5.41) is 0. The van der Waals surface area contributed by atoms with E-state index in [1.165, 1.54) is 7.11 Å². The summed E-state index contributed by atoms with van der Waals surface area (Å²) in [6.07, 6.45) is 0. The Bertz CT molecular complexity index is 414. The van der Waals surface area contributed by atoms with E-state index < -0.39 is 0 Å². The summed E-state index contributed by atoms with van der Waals surface area (Å²) in [7, 11) is 3.66. The Kier molecular flexibility index (Phi) is 3.51. The summed E-state index contributed by atoms with van der Waals surface area (Å²) < 4.78 is 5.02. The van der Waals surface area contributed by atoms with Crippen molar-refractivity contribution in [2.45, 2.75) is 25.9 Å². The largest absolute Gasteiger partial charge is 0.467 e. The van der Waals surface area contributed by atoms with Crippen LogP contribution in [0.5, 0.6) is 6.01 Å². The van der Waals surface area contributed by atoms with Crippen molar-refractivity contribution in [2.24, 2.45) is 0 Å². The Morgan fingerprint density at radius 1 is 1.17 bits per heavy atom. The summed E-state index contributed by atoms with van der Waals surface area (Å²) in [6, 6.07) is 1.15. The van der Waals surface area contributed by atoms with E-state index in [9.17, 15) is 0 Å². The van der Waals surface area contributed by atoms with Gasteiger partial charge in [0.15, 0.2) is 0 Å². The molecule has 2 rings (SSSR count). The molecule has 1 aliphatic heterocycles. The molecule has 7 nitrogen and oxygen atoms in total. The van der Waals surface area contributed by atoms with Crippen LogP contribution in [0.4, 0.5) is 11.9 Å². The minimum absolute atomic E-state index is 0.191. The van der Waals surface area contributed by atoms with Gasteiger partial charge in [-0.1, -0.05) is 0 Å². The minimum atomic E-state index is 0.191. The number of nitrogen functional groups attached to an aromatic ring is 1. The van der Waals surface area contributed by atoms with Crippen LogP contribution < -0.4 is 15.4 Å². The van der Waals surface area contributed by atoms with Crippen molar-refractivity contribution < 1.29 is 4.74 Å². The van der Waals surface area contributed by atoms with Gasteiger partial charge in [-0.3, -0.25) is 4.90 Å². The van der Waals surface area contributed by atoms with Gasteiger partial charge in [-0.25, -0.2) is 0 Å². The first kappa shape index (κ1) is 12.8. The third-order valence-corrected chi connectivity index (χ3v) is 3.45. The predicted molar refractivity (Wildman–Crippen MR) is 69.7 cm³/mol. The molecule has 0 aliphatic carbocycles. The molecule has 0 aromatic carbocycles. The Hall–Kier alpha value is -1.63. The SMILES string of the molecule is COc1nc(N)nc(N2CC(C)N(C)C(C)C2)n1. The first-order valence-electron chi connectivity index (χ1n) is 6.03. The highest BCUT2D eigenvalue weighted by atomic mass is 16.5. The number of likely N-dealkylation sites (N-methyl/N-ethyl adjacent to an activating group) is 1. The minimum Gasteiger partial charge on any atom is -0.467 e. The molecule has 0 amide bonds. The molecule has 2 N–H and O–H groups in total. The van der Waals surface area contributed by atoms with Gasteiger partial charge in [-0.15, -0.1) is 0 Å². The fourth-order valence-corrected chi connectivity index (χ4v) is 2.16. The third-order valence-electron chi connectivity index (χ3n) is 3.45. The highest BCUT2D eigenvalue weighted by molar-refractivity contribution is 5.37. The average molecular weight is 252 g/mol. The summed E-state index contributed by atoms with van der Waals surface area (Å²) in [4.78, 5) is 16.8. The molecule has 2 unspecified atom stereocenters. The number of nitrogens with two attached hydrogens (primary N) is 1. The first-order valence-corrected chi connectivity index (χ1v) is 6.03. The number of aromatic nitrogens is 3. The van der Waals surface area contributed by atoms with E-state index in [4.69, 9.17) is 10.5 Å². The lowest BCUT2D eigenvalue weighted by atomic mass is 10.1. The number of hydrogen-bond acceptors (Lipinski definition) is 7. The molecule has 0 bridgehead atoms. The lowest BCUT2D eigenvalue weighted by molar-refractivity contribution is 0.169. The van der Waals surface area contributed by atoms with Crippen LogP contribution in [0.1, 0.15) is 13.8 Å². The van der Waals surface area contributed by atoms with Crippen LogP contribution in [0.3, 0.4) is 0 Å². The molecule has 1 aromatic rings. The van der Waals surface area contributed by atoms with Crippen molar-refractivity contribution in [1.82, 2.24) is 19.9 Å². The van der Waals surface area contributed by atoms with Crippen LogP contribution in [0, 0.1) is 0 Å². The first-order chi connectivity index (χ1) is 8.51. The van der Waals surface area contributed by atoms with Crippen LogP contribution in [0.25, 0.3) is 0 Å². The highest BCUT2D eigenvalue weighted by Crippen LogP contribution is 2.19. The van der Waals surface area contributed by atoms with Gasteiger partial charge in [0.1, 0.15) is 0 Å². The smallest absolute Gasteiger partial charge is 0.322 e. The van der Waals surface area contributed by atoms with Crippen LogP contribution in [-0.4, -0.2) is 59.2 Å². The van der Waals surface area contributed by atoms with Gasteiger partial charge in [-0.2, -0.15) is 15.0 Å². The molecule has 18 heavy (non-hydrogen) atoms. The number of rotatable bonds is 2. The Labute approximate surface area is 107 Å². The van der Waals surface area contributed by atoms with Crippen molar-refractivity contribution >= 4 is 11.9 Å². The maximum Gasteiger partial charge on any atom is 0.322 e. The number of hydrogen-bond donors (Lipinski definition) is 1. The van der Waals surface area contributed by atoms with Gasteiger partial charge in [0.2, 0.25) is 11.9 Å². The topological polar surface area (TPSA) is 80.4 Å². The normalized spacial score (nSPS) is 25.2. The quantitative estimate of drug-likeness (QED) is 0.793. The Morgan fingerprint density at radius 3 is 2.33 bits per heavy atom. The van der Waals surface area contributed by atoms with Crippen LogP contribution in [0.2, 0.25) is 0 Å². The monoisotopic (exact) mass is 252 g/mol. The van der Waals surface area contributed by atoms with Gasteiger partial charge in [-0.05, 0) is 20.9 Å². The summed E-state index contributed by atoms with van der Waals surface area (Å²) in [5.74, 6) is 0.780. The zero-order chi connectivity index (χ0) is 13.3. The molecule has 2 heterocycles. The fourth-order valence-electron chi connectivity index (χ4n) is 2.16. The molecule has 100 valence electrons. The molecule has 0 radical (unpaired) electrons. The average Bonchev–Trinajstić information content (AvgIpc) is 2.34. The van der Waals surface area contributed by atoms with E-state index in [0.717, 1.165) is 13.1 Å². The van der Waals surface area contributed by atoms with Crippen LogP contribution in [-0.2, 0) is 0 Å². The van der Waals surface area contributed by atoms with Gasteiger partial charge in [0, 0.05) is 25.2 Å². The van der Waals surface area contributed by atoms with E-state index in [1.54, 1.807) is 0 Å². The lowest BCUT2D eigenvalue weighted by Gasteiger charge is -2.42. The Morgan fingerprint density at radius 2 is 1.78 bits per heavy atom. The molecule has 1 aromatic heterocycles. The lowest BCUT2D eigenvalue weighted by Crippen LogP contribution is -2.55. The van der Waals surface area contributed by atoms with Crippen molar-refractivity contribution in [3.05, 3.63) is 0 Å². The molecular formula is C11H20N6O. The van der Waals surface area contributed by atoms with E-state index in [0.29, 0.717) is 18.0 Å². The van der Waals surface area contributed by atoms with Gasteiger partial charge < -0.3 is 15.4 Å². The summed E-state index contributed by atoms with van der Waals surface area (Å²) >= 11 is 0. The number of ether oxygens (including phenoxy) is 1. The standard InChI is InChI=1S/C11H20N6O/c1-7-5-17(6-8(2)16(7)3)10-13-9(12)14-11(15-10)18-4/h7-8H,5-6H2,1-4H3,(H2,12,13,14,15). The zero-order valence-electron chi connectivity index (χ0n) is 11.3. The molecule has 0 saturated carbocycles. The predicted octanol–water partition coefficient (Wildman–Crippen LogP) is -0.00880. The van der Waals surface area contributed by atoms with Gasteiger partial charge >= 0.3 is 6.01 Å². The molecule has 0 spiro atoms. The van der Waals surface area contributed by atoms with Gasteiger partial charge in [0.05, 0.1) is 7.11 Å². The van der Waals surface area contributed by atoms with Crippen LogP contribution >= 0.6 is 0 Å². The maximum atomic E-state index is 5.66. The number of methoxy groups -OCH3 is 1. The van der Waals surface area contributed by atoms with Crippen molar-refractivity contribution in [2.75, 3.05) is 37.9 Å². The Balaban J connectivity index is 2.23. The molecule has 1 saturated heterocycles. The molecule has 1 aliphatic rings. The molecule has 1 fully saturated rings. The van der Waals surface area contributed by atoms with E-state index in [2.05, 4.69) is 45.6 Å². The number of anilines is 2. The third kappa shape index (κ3) is 2.45. The molecule has 2 atom stereocenters. The highest BCUT2D eigenvalue weighted by Gasteiger charge is 2.28. The number of piperazine rings is 1. The second-order valence-electron chi connectivity index (χ2n) is 4.75. The fraction of sp³-hybridized carbons (Fsp3) is 0.727. The van der Waals surface area contributed by atoms with Crippen LogP contribution in [0.15, 0.2) is 0 Å².